The van der Waals surface area contributed by atoms with Gasteiger partial charge in [-0.15, -0.1) is 0 Å². The summed E-state index contributed by atoms with van der Waals surface area (Å²) in [6.07, 6.45) is 2.27. The van der Waals surface area contributed by atoms with E-state index in [2.05, 4.69) is 0 Å². The van der Waals surface area contributed by atoms with Crippen LogP contribution < -0.4 is 0 Å². The zero-order valence-corrected chi connectivity index (χ0v) is 10.8. The van der Waals surface area contributed by atoms with E-state index in [0.29, 0.717) is 12.2 Å². The molecule has 3 nitrogen and oxygen atoms in total. The highest BCUT2D eigenvalue weighted by Gasteiger charge is 2.40. The second-order valence-corrected chi connectivity index (χ2v) is 5.51. The highest BCUT2D eigenvalue weighted by Crippen LogP contribution is 2.41. The van der Waals surface area contributed by atoms with Crippen LogP contribution in [0.15, 0.2) is 12.1 Å². The topological polar surface area (TPSA) is 43.7 Å². The van der Waals surface area contributed by atoms with Gasteiger partial charge in [0.2, 0.25) is 0 Å². The number of aliphatic hydroxyl groups is 1. The summed E-state index contributed by atoms with van der Waals surface area (Å²) in [6, 6.07) is 3.96. The quantitative estimate of drug-likeness (QED) is 0.836. The standard InChI is InChI=1S/C14H21NO2/c1-10-4-5-11(8-14(17)6-7-14)13(16)12(10)9-15(2)3/h4-5,16-17H,6-9H2,1-3H3. The lowest BCUT2D eigenvalue weighted by Gasteiger charge is -2.17. The van der Waals surface area contributed by atoms with E-state index >= 15 is 0 Å². The normalized spacial score (nSPS) is 17.5. The van der Waals surface area contributed by atoms with E-state index in [1.807, 2.05) is 38.1 Å². The summed E-state index contributed by atoms with van der Waals surface area (Å²) in [5, 5.41) is 20.2. The molecule has 17 heavy (non-hydrogen) atoms. The Morgan fingerprint density at radius 1 is 1.29 bits per heavy atom. The van der Waals surface area contributed by atoms with Crippen molar-refractivity contribution in [3.05, 3.63) is 28.8 Å². The average Bonchev–Trinajstić information content (AvgIpc) is 2.96. The van der Waals surface area contributed by atoms with Gasteiger partial charge in [-0.25, -0.2) is 0 Å². The van der Waals surface area contributed by atoms with E-state index < -0.39 is 5.60 Å². The molecule has 0 spiro atoms. The van der Waals surface area contributed by atoms with Gasteiger partial charge in [-0.2, -0.15) is 0 Å². The molecule has 1 saturated carbocycles. The maximum absolute atomic E-state index is 10.3. The fourth-order valence-corrected chi connectivity index (χ4v) is 2.12. The van der Waals surface area contributed by atoms with Crippen LogP contribution in [0, 0.1) is 6.92 Å². The molecule has 1 aliphatic carbocycles. The number of nitrogens with zero attached hydrogens (tertiary/aromatic N) is 1. The van der Waals surface area contributed by atoms with Gasteiger partial charge in [0.1, 0.15) is 5.75 Å². The minimum absolute atomic E-state index is 0.360. The van der Waals surface area contributed by atoms with Crippen molar-refractivity contribution in [2.24, 2.45) is 0 Å². The first-order valence-corrected chi connectivity index (χ1v) is 6.09. The predicted octanol–water partition coefficient (Wildman–Crippen LogP) is 1.83. The van der Waals surface area contributed by atoms with Crippen LogP contribution in [0.3, 0.4) is 0 Å². The molecule has 0 amide bonds. The van der Waals surface area contributed by atoms with Gasteiger partial charge in [-0.1, -0.05) is 12.1 Å². The van der Waals surface area contributed by atoms with E-state index in [1.165, 1.54) is 0 Å². The average molecular weight is 235 g/mol. The Morgan fingerprint density at radius 2 is 1.94 bits per heavy atom. The molecular formula is C14H21NO2. The van der Waals surface area contributed by atoms with Crippen molar-refractivity contribution in [3.63, 3.8) is 0 Å². The maximum atomic E-state index is 10.3. The van der Waals surface area contributed by atoms with Gasteiger partial charge in [-0.3, -0.25) is 0 Å². The molecule has 3 heteroatoms. The molecule has 2 N–H and O–H groups in total. The molecule has 1 aromatic carbocycles. The second kappa shape index (κ2) is 4.31. The monoisotopic (exact) mass is 235 g/mol. The van der Waals surface area contributed by atoms with Gasteiger partial charge in [0.15, 0.2) is 0 Å². The van der Waals surface area contributed by atoms with Crippen LogP contribution in [0.2, 0.25) is 0 Å². The van der Waals surface area contributed by atoms with Gasteiger partial charge in [0.05, 0.1) is 5.60 Å². The fraction of sp³-hybridized carbons (Fsp3) is 0.571. The Labute approximate surface area is 103 Å². The van der Waals surface area contributed by atoms with Crippen LogP contribution in [0.25, 0.3) is 0 Å². The zero-order chi connectivity index (χ0) is 12.6. The van der Waals surface area contributed by atoms with Gasteiger partial charge in [-0.05, 0) is 45.0 Å². The molecule has 0 unspecified atom stereocenters. The van der Waals surface area contributed by atoms with Crippen LogP contribution in [-0.2, 0) is 13.0 Å². The van der Waals surface area contributed by atoms with E-state index in [9.17, 15) is 10.2 Å². The molecule has 2 rings (SSSR count). The summed E-state index contributed by atoms with van der Waals surface area (Å²) < 4.78 is 0. The molecule has 94 valence electrons. The SMILES string of the molecule is Cc1ccc(CC2(O)CC2)c(O)c1CN(C)C. The molecule has 0 aromatic heterocycles. The van der Waals surface area contributed by atoms with Crippen molar-refractivity contribution < 1.29 is 10.2 Å². The number of phenols is 1. The Bertz CT molecular complexity index is 422. The highest BCUT2D eigenvalue weighted by atomic mass is 16.3. The molecule has 0 heterocycles. The summed E-state index contributed by atoms with van der Waals surface area (Å²) in [5.41, 5.74) is 2.38. The molecule has 1 aromatic rings. The molecule has 0 radical (unpaired) electrons. The summed E-state index contributed by atoms with van der Waals surface area (Å²) in [7, 11) is 3.97. The van der Waals surface area contributed by atoms with E-state index in [0.717, 1.165) is 36.1 Å². The second-order valence-electron chi connectivity index (χ2n) is 5.51. The number of phenolic OH excluding ortho intramolecular Hbond substituents is 1. The lowest BCUT2D eigenvalue weighted by Crippen LogP contribution is -2.14. The number of hydrogen-bond donors (Lipinski definition) is 2. The first-order chi connectivity index (χ1) is 7.91. The number of rotatable bonds is 4. The van der Waals surface area contributed by atoms with Crippen LogP contribution in [0.1, 0.15) is 29.5 Å². The molecule has 0 atom stereocenters. The molecular weight excluding hydrogens is 214 g/mol. The molecule has 0 aliphatic heterocycles. The van der Waals surface area contributed by atoms with Crippen molar-refractivity contribution in [1.82, 2.24) is 4.90 Å². The van der Waals surface area contributed by atoms with Crippen molar-refractivity contribution in [2.75, 3.05) is 14.1 Å². The van der Waals surface area contributed by atoms with Crippen LogP contribution >= 0.6 is 0 Å². The van der Waals surface area contributed by atoms with Crippen molar-refractivity contribution in [2.45, 2.75) is 38.3 Å². The lowest BCUT2D eigenvalue weighted by molar-refractivity contribution is 0.150. The Balaban J connectivity index is 2.28. The third-order valence-corrected chi connectivity index (χ3v) is 3.42. The van der Waals surface area contributed by atoms with Crippen molar-refractivity contribution in [1.29, 1.82) is 0 Å². The maximum Gasteiger partial charge on any atom is 0.123 e. The molecule has 1 fully saturated rings. The largest absolute Gasteiger partial charge is 0.507 e. The fourth-order valence-electron chi connectivity index (χ4n) is 2.12. The predicted molar refractivity (Wildman–Crippen MR) is 68.1 cm³/mol. The van der Waals surface area contributed by atoms with Crippen LogP contribution in [0.4, 0.5) is 0 Å². The smallest absolute Gasteiger partial charge is 0.123 e. The van der Waals surface area contributed by atoms with E-state index in [4.69, 9.17) is 0 Å². The molecule has 0 bridgehead atoms. The highest BCUT2D eigenvalue weighted by molar-refractivity contribution is 5.46. The van der Waals surface area contributed by atoms with E-state index in [-0.39, 0.29) is 0 Å². The number of benzene rings is 1. The van der Waals surface area contributed by atoms with Crippen LogP contribution in [0.5, 0.6) is 5.75 Å². The summed E-state index contributed by atoms with van der Waals surface area (Å²) >= 11 is 0. The van der Waals surface area contributed by atoms with Gasteiger partial charge >= 0.3 is 0 Å². The number of aromatic hydroxyl groups is 1. The minimum Gasteiger partial charge on any atom is -0.507 e. The summed E-state index contributed by atoms with van der Waals surface area (Å²) in [6.45, 7) is 2.73. The third-order valence-electron chi connectivity index (χ3n) is 3.42. The van der Waals surface area contributed by atoms with Gasteiger partial charge in [0, 0.05) is 18.5 Å². The molecule has 0 saturated heterocycles. The third kappa shape index (κ3) is 2.79. The van der Waals surface area contributed by atoms with E-state index in [1.54, 1.807) is 0 Å². The zero-order valence-electron chi connectivity index (χ0n) is 10.8. The first-order valence-electron chi connectivity index (χ1n) is 6.09. The molecule has 1 aliphatic rings. The van der Waals surface area contributed by atoms with Crippen molar-refractivity contribution >= 4 is 0 Å². The Hall–Kier alpha value is -1.06. The number of hydrogen-bond acceptors (Lipinski definition) is 3. The Kier molecular flexibility index (Phi) is 3.15. The summed E-state index contributed by atoms with van der Waals surface area (Å²) in [4.78, 5) is 2.04. The first kappa shape index (κ1) is 12.4. The lowest BCUT2D eigenvalue weighted by atomic mass is 9.98. The minimum atomic E-state index is -0.553. The van der Waals surface area contributed by atoms with Gasteiger partial charge < -0.3 is 15.1 Å². The van der Waals surface area contributed by atoms with Crippen LogP contribution in [-0.4, -0.2) is 34.8 Å². The van der Waals surface area contributed by atoms with Crippen molar-refractivity contribution in [3.8, 4) is 5.75 Å². The Morgan fingerprint density at radius 3 is 2.47 bits per heavy atom. The summed E-state index contributed by atoms with van der Waals surface area (Å²) in [5.74, 6) is 0.360. The van der Waals surface area contributed by atoms with Gasteiger partial charge in [0.25, 0.3) is 0 Å². The number of aryl methyl sites for hydroxylation is 1.